The van der Waals surface area contributed by atoms with Crippen molar-refractivity contribution < 1.29 is 4.74 Å². The lowest BCUT2D eigenvalue weighted by atomic mass is 9.92. The second-order valence-corrected chi connectivity index (χ2v) is 6.37. The zero-order valence-corrected chi connectivity index (χ0v) is 13.8. The summed E-state index contributed by atoms with van der Waals surface area (Å²) in [6, 6.07) is 3.71. The van der Waals surface area contributed by atoms with Crippen LogP contribution in [0.4, 0.5) is 5.69 Å². The number of methoxy groups -OCH3 is 1. The molecule has 0 aromatic carbocycles. The predicted octanol–water partition coefficient (Wildman–Crippen LogP) is 2.45. The zero-order valence-electron chi connectivity index (χ0n) is 13.0. The Labute approximate surface area is 138 Å². The smallest absolute Gasteiger partial charge is 0.268 e. The van der Waals surface area contributed by atoms with Gasteiger partial charge in [-0.25, -0.2) is 4.98 Å². The number of nitrogens with one attached hydrogen (secondary N) is 1. The monoisotopic (exact) mass is 332 g/mol. The molecule has 2 aromatic rings. The first-order valence-corrected chi connectivity index (χ1v) is 7.77. The van der Waals surface area contributed by atoms with Crippen molar-refractivity contribution in [3.05, 3.63) is 33.3 Å². The quantitative estimate of drug-likeness (QED) is 0.854. The fourth-order valence-electron chi connectivity index (χ4n) is 2.99. The summed E-state index contributed by atoms with van der Waals surface area (Å²) in [5.41, 5.74) is 0.752. The summed E-state index contributed by atoms with van der Waals surface area (Å²) in [7, 11) is 1.71. The van der Waals surface area contributed by atoms with Gasteiger partial charge < -0.3 is 14.6 Å². The lowest BCUT2D eigenvalue weighted by molar-refractivity contribution is -0.0132. The number of halogens is 1. The summed E-state index contributed by atoms with van der Waals surface area (Å²) in [6.45, 7) is 3.49. The third-order valence-electron chi connectivity index (χ3n) is 4.58. The van der Waals surface area contributed by atoms with Crippen LogP contribution in [0.5, 0.6) is 0 Å². The Balaban J connectivity index is 2.14. The zero-order chi connectivity index (χ0) is 16.6. The van der Waals surface area contributed by atoms with Crippen LogP contribution in [-0.4, -0.2) is 35.8 Å². The van der Waals surface area contributed by atoms with Crippen LogP contribution in [0.25, 0.3) is 10.9 Å². The number of nitrogens with zero attached hydrogens (tertiary/aromatic N) is 3. The summed E-state index contributed by atoms with van der Waals surface area (Å²) >= 11 is 6.01. The number of aromatic amines is 1. The number of ether oxygens (including phenoxy) is 1. The molecule has 0 radical (unpaired) electrons. The molecule has 0 amide bonds. The van der Waals surface area contributed by atoms with Crippen LogP contribution < -0.4 is 10.5 Å². The molecule has 3 heterocycles. The van der Waals surface area contributed by atoms with E-state index in [0.29, 0.717) is 29.4 Å². The summed E-state index contributed by atoms with van der Waals surface area (Å²) in [5.74, 6) is 0. The Morgan fingerprint density at radius 1 is 1.48 bits per heavy atom. The molecule has 0 spiro atoms. The van der Waals surface area contributed by atoms with E-state index in [4.69, 9.17) is 16.3 Å². The number of piperidine rings is 1. The van der Waals surface area contributed by atoms with E-state index < -0.39 is 5.56 Å². The number of fused-ring (bicyclic) bond motifs is 1. The van der Waals surface area contributed by atoms with Crippen molar-refractivity contribution in [3.63, 3.8) is 0 Å². The minimum Gasteiger partial charge on any atom is -0.378 e. The van der Waals surface area contributed by atoms with E-state index in [0.717, 1.165) is 18.2 Å². The van der Waals surface area contributed by atoms with Crippen molar-refractivity contribution in [2.24, 2.45) is 0 Å². The molecule has 1 N–H and O–H groups in total. The van der Waals surface area contributed by atoms with E-state index in [2.05, 4.69) is 21.8 Å². The molecular weight excluding hydrogens is 316 g/mol. The molecule has 1 saturated heterocycles. The standard InChI is InChI=1S/C16H17ClN4O2/c1-16(23-2)3-5-21(6-4-16)14-10-7-13(17)19-9-12(10)20-15(22)11(14)8-18/h7,9H,3-6H2,1-2H3,(H,20,22). The van der Waals surface area contributed by atoms with Gasteiger partial charge in [0.25, 0.3) is 5.56 Å². The van der Waals surface area contributed by atoms with Crippen molar-refractivity contribution in [2.75, 3.05) is 25.1 Å². The molecule has 23 heavy (non-hydrogen) atoms. The van der Waals surface area contributed by atoms with Crippen molar-refractivity contribution in [1.29, 1.82) is 5.26 Å². The summed E-state index contributed by atoms with van der Waals surface area (Å²) < 4.78 is 5.56. The second kappa shape index (κ2) is 5.84. The Morgan fingerprint density at radius 3 is 2.78 bits per heavy atom. The van der Waals surface area contributed by atoms with Gasteiger partial charge in [0.05, 0.1) is 23.0 Å². The molecule has 0 aliphatic carbocycles. The molecule has 1 aliphatic rings. The minimum absolute atomic E-state index is 0.112. The Morgan fingerprint density at radius 2 is 2.17 bits per heavy atom. The van der Waals surface area contributed by atoms with Crippen LogP contribution in [0.3, 0.4) is 0 Å². The van der Waals surface area contributed by atoms with Gasteiger partial charge in [-0.1, -0.05) is 11.6 Å². The SMILES string of the molecule is COC1(C)CCN(c2c(C#N)c(=O)[nH]c3cnc(Cl)cc23)CC1. The topological polar surface area (TPSA) is 82.0 Å². The number of aromatic nitrogens is 2. The van der Waals surface area contributed by atoms with Gasteiger partial charge in [-0.3, -0.25) is 4.79 Å². The number of nitriles is 1. The number of hydrogen-bond acceptors (Lipinski definition) is 5. The fourth-order valence-corrected chi connectivity index (χ4v) is 3.15. The molecule has 1 aliphatic heterocycles. The Kier molecular flexibility index (Phi) is 4.00. The molecule has 120 valence electrons. The van der Waals surface area contributed by atoms with Gasteiger partial charge in [0, 0.05) is 25.6 Å². The highest BCUT2D eigenvalue weighted by atomic mass is 35.5. The number of anilines is 1. The number of hydrogen-bond donors (Lipinski definition) is 1. The van der Waals surface area contributed by atoms with Crippen molar-refractivity contribution >= 4 is 28.2 Å². The van der Waals surface area contributed by atoms with Gasteiger partial charge in [0.1, 0.15) is 16.8 Å². The molecule has 3 rings (SSSR count). The highest BCUT2D eigenvalue weighted by molar-refractivity contribution is 6.30. The van der Waals surface area contributed by atoms with Crippen LogP contribution in [-0.2, 0) is 4.74 Å². The van der Waals surface area contributed by atoms with Crippen molar-refractivity contribution in [2.45, 2.75) is 25.4 Å². The normalized spacial score (nSPS) is 17.2. The molecule has 7 heteroatoms. The summed E-state index contributed by atoms with van der Waals surface area (Å²) in [4.78, 5) is 21.0. The van der Waals surface area contributed by atoms with Crippen molar-refractivity contribution in [1.82, 2.24) is 9.97 Å². The highest BCUT2D eigenvalue weighted by Crippen LogP contribution is 2.33. The van der Waals surface area contributed by atoms with E-state index in [1.165, 1.54) is 6.20 Å². The lowest BCUT2D eigenvalue weighted by Crippen LogP contribution is -2.44. The molecular formula is C16H17ClN4O2. The summed E-state index contributed by atoms with van der Waals surface area (Å²) in [5, 5.41) is 10.5. The molecule has 0 atom stereocenters. The molecule has 1 fully saturated rings. The van der Waals surface area contributed by atoms with Crippen LogP contribution in [0.15, 0.2) is 17.1 Å². The summed E-state index contributed by atoms with van der Waals surface area (Å²) in [6.07, 6.45) is 3.16. The van der Waals surface area contributed by atoms with Gasteiger partial charge in [-0.2, -0.15) is 5.26 Å². The maximum absolute atomic E-state index is 12.2. The molecule has 0 saturated carbocycles. The number of H-pyrrole nitrogens is 1. The highest BCUT2D eigenvalue weighted by Gasteiger charge is 2.31. The first kappa shape index (κ1) is 15.8. The minimum atomic E-state index is -0.404. The molecule has 0 bridgehead atoms. The first-order valence-electron chi connectivity index (χ1n) is 7.39. The molecule has 2 aromatic heterocycles. The maximum Gasteiger partial charge on any atom is 0.268 e. The average molecular weight is 333 g/mol. The van der Waals surface area contributed by atoms with Gasteiger partial charge in [-0.05, 0) is 25.8 Å². The van der Waals surface area contributed by atoms with Crippen LogP contribution in [0.1, 0.15) is 25.3 Å². The van der Waals surface area contributed by atoms with Gasteiger partial charge in [0.2, 0.25) is 0 Å². The van der Waals surface area contributed by atoms with Crippen LogP contribution in [0, 0.1) is 11.3 Å². The van der Waals surface area contributed by atoms with Crippen molar-refractivity contribution in [3.8, 4) is 6.07 Å². The fraction of sp³-hybridized carbons (Fsp3) is 0.438. The van der Waals surface area contributed by atoms with E-state index >= 15 is 0 Å². The lowest BCUT2D eigenvalue weighted by Gasteiger charge is -2.40. The molecule has 0 unspecified atom stereocenters. The van der Waals surface area contributed by atoms with Gasteiger partial charge >= 0.3 is 0 Å². The third-order valence-corrected chi connectivity index (χ3v) is 4.79. The third kappa shape index (κ3) is 2.78. The van der Waals surface area contributed by atoms with Gasteiger partial charge in [0.15, 0.2) is 0 Å². The van der Waals surface area contributed by atoms with Crippen LogP contribution >= 0.6 is 11.6 Å². The maximum atomic E-state index is 12.2. The molecule has 6 nitrogen and oxygen atoms in total. The van der Waals surface area contributed by atoms with Gasteiger partial charge in [-0.15, -0.1) is 0 Å². The second-order valence-electron chi connectivity index (χ2n) is 5.98. The largest absolute Gasteiger partial charge is 0.378 e. The van der Waals surface area contributed by atoms with Crippen LogP contribution in [0.2, 0.25) is 5.15 Å². The average Bonchev–Trinajstić information content (AvgIpc) is 2.55. The number of pyridine rings is 2. The predicted molar refractivity (Wildman–Crippen MR) is 88.9 cm³/mol. The van der Waals surface area contributed by atoms with E-state index in [-0.39, 0.29) is 11.2 Å². The Bertz CT molecular complexity index is 848. The first-order chi connectivity index (χ1) is 11.0. The van der Waals surface area contributed by atoms with E-state index in [1.807, 2.05) is 6.07 Å². The Hall–Kier alpha value is -2.10. The van der Waals surface area contributed by atoms with E-state index in [1.54, 1.807) is 13.2 Å². The number of rotatable bonds is 2. The van der Waals surface area contributed by atoms with E-state index in [9.17, 15) is 10.1 Å².